The largest absolute Gasteiger partial charge is 0.368 e. The fourth-order valence-corrected chi connectivity index (χ4v) is 0.298. The molecule has 0 fully saturated rings. The molecule has 50 valence electrons. The van der Waals surface area contributed by atoms with Crippen LogP contribution in [0, 0.1) is 0 Å². The summed E-state index contributed by atoms with van der Waals surface area (Å²) in [5, 5.41) is 8.60. The van der Waals surface area contributed by atoms with Crippen molar-refractivity contribution < 1.29 is 14.2 Å². The van der Waals surface area contributed by atoms with Crippen LogP contribution in [0.1, 0.15) is 13.3 Å². The third-order valence-corrected chi connectivity index (χ3v) is 0.737. The van der Waals surface area contributed by atoms with Gasteiger partial charge in [-0.15, -0.1) is 0 Å². The molecular weight excluding hydrogens is 111 g/mol. The Balaban J connectivity index is 2.86. The number of aliphatic hydroxyl groups excluding tert-OH is 1. The molecular formula is C5H11FO2. The van der Waals surface area contributed by atoms with Crippen molar-refractivity contribution in [2.45, 2.75) is 19.6 Å². The Morgan fingerprint density at radius 1 is 1.75 bits per heavy atom. The maximum atomic E-state index is 11.3. The summed E-state index contributed by atoms with van der Waals surface area (Å²) in [7, 11) is 0. The summed E-state index contributed by atoms with van der Waals surface area (Å²) in [6.45, 7) is 1.23. The van der Waals surface area contributed by atoms with Gasteiger partial charge in [-0.2, -0.15) is 0 Å². The van der Waals surface area contributed by atoms with Crippen molar-refractivity contribution in [3.05, 3.63) is 0 Å². The quantitative estimate of drug-likeness (QED) is 0.556. The Kier molecular flexibility index (Phi) is 4.90. The Bertz CT molecular complexity index is 49.7. The Morgan fingerprint density at radius 2 is 2.38 bits per heavy atom. The molecule has 0 aliphatic rings. The van der Waals surface area contributed by atoms with Crippen LogP contribution in [0.2, 0.25) is 0 Å². The molecule has 0 saturated carbocycles. The fourth-order valence-electron chi connectivity index (χ4n) is 0.298. The van der Waals surface area contributed by atoms with E-state index in [0.29, 0.717) is 6.42 Å². The number of hydrogen-bond donors (Lipinski definition) is 1. The number of rotatable bonds is 4. The van der Waals surface area contributed by atoms with Gasteiger partial charge in [-0.1, -0.05) is 6.92 Å². The van der Waals surface area contributed by atoms with Gasteiger partial charge in [0.1, 0.15) is 6.67 Å². The normalized spacial score (nSPS) is 13.9. The highest BCUT2D eigenvalue weighted by Crippen LogP contribution is 1.90. The van der Waals surface area contributed by atoms with E-state index in [9.17, 15) is 4.39 Å². The van der Waals surface area contributed by atoms with Crippen LogP contribution in [0.5, 0.6) is 0 Å². The van der Waals surface area contributed by atoms with Crippen molar-refractivity contribution in [2.75, 3.05) is 13.3 Å². The molecule has 3 heteroatoms. The highest BCUT2D eigenvalue weighted by atomic mass is 19.1. The van der Waals surface area contributed by atoms with E-state index in [2.05, 4.69) is 4.74 Å². The van der Waals surface area contributed by atoms with Gasteiger partial charge in [0.15, 0.2) is 6.29 Å². The van der Waals surface area contributed by atoms with Gasteiger partial charge in [0.25, 0.3) is 0 Å². The van der Waals surface area contributed by atoms with Crippen molar-refractivity contribution in [3.8, 4) is 0 Å². The zero-order chi connectivity index (χ0) is 6.41. The molecule has 1 unspecified atom stereocenters. The molecule has 0 heterocycles. The molecule has 0 aliphatic heterocycles. The Hall–Kier alpha value is -0.150. The van der Waals surface area contributed by atoms with Gasteiger partial charge < -0.3 is 9.84 Å². The maximum Gasteiger partial charge on any atom is 0.154 e. The number of ether oxygens (including phenoxy) is 1. The molecule has 2 nitrogen and oxygen atoms in total. The highest BCUT2D eigenvalue weighted by Gasteiger charge is 1.96. The van der Waals surface area contributed by atoms with Crippen LogP contribution < -0.4 is 0 Å². The van der Waals surface area contributed by atoms with Gasteiger partial charge in [-0.25, -0.2) is 4.39 Å². The second-order valence-electron chi connectivity index (χ2n) is 1.42. The summed E-state index contributed by atoms with van der Waals surface area (Å²) in [4.78, 5) is 0. The van der Waals surface area contributed by atoms with Gasteiger partial charge in [0, 0.05) is 0 Å². The third-order valence-electron chi connectivity index (χ3n) is 0.737. The first kappa shape index (κ1) is 7.85. The molecule has 0 aromatic carbocycles. The first-order valence-corrected chi connectivity index (χ1v) is 2.67. The van der Waals surface area contributed by atoms with Crippen LogP contribution >= 0.6 is 0 Å². The average molecular weight is 122 g/mol. The second kappa shape index (κ2) is 5.00. The SMILES string of the molecule is CCC(O)OCCF. The lowest BCUT2D eigenvalue weighted by atomic mass is 10.5. The molecule has 1 N–H and O–H groups in total. The van der Waals surface area contributed by atoms with Crippen LogP contribution in [0.3, 0.4) is 0 Å². The van der Waals surface area contributed by atoms with Crippen LogP contribution in [-0.4, -0.2) is 24.7 Å². The molecule has 8 heavy (non-hydrogen) atoms. The summed E-state index contributed by atoms with van der Waals surface area (Å²) in [6.07, 6.45) is -0.272. The van der Waals surface area contributed by atoms with Crippen LogP contribution in [0.15, 0.2) is 0 Å². The average Bonchev–Trinajstić information content (AvgIpc) is 1.83. The minimum atomic E-state index is -0.786. The first-order valence-electron chi connectivity index (χ1n) is 2.67. The van der Waals surface area contributed by atoms with Gasteiger partial charge >= 0.3 is 0 Å². The van der Waals surface area contributed by atoms with Crippen molar-refractivity contribution in [1.29, 1.82) is 0 Å². The van der Waals surface area contributed by atoms with Crippen LogP contribution in [-0.2, 0) is 4.74 Å². The molecule has 0 spiro atoms. The summed E-state index contributed by atoms with van der Waals surface area (Å²) in [5.74, 6) is 0. The van der Waals surface area contributed by atoms with E-state index in [1.54, 1.807) is 6.92 Å². The fraction of sp³-hybridized carbons (Fsp3) is 1.00. The molecule has 0 rings (SSSR count). The van der Waals surface area contributed by atoms with E-state index in [-0.39, 0.29) is 6.61 Å². The minimum Gasteiger partial charge on any atom is -0.368 e. The zero-order valence-corrected chi connectivity index (χ0v) is 4.93. The summed E-state index contributed by atoms with van der Waals surface area (Å²) < 4.78 is 15.8. The van der Waals surface area contributed by atoms with Crippen molar-refractivity contribution in [1.82, 2.24) is 0 Å². The topological polar surface area (TPSA) is 29.5 Å². The first-order chi connectivity index (χ1) is 3.81. The van der Waals surface area contributed by atoms with E-state index in [0.717, 1.165) is 0 Å². The van der Waals surface area contributed by atoms with E-state index in [4.69, 9.17) is 5.11 Å². The summed E-state index contributed by atoms with van der Waals surface area (Å²) in [5.41, 5.74) is 0. The van der Waals surface area contributed by atoms with Crippen molar-refractivity contribution in [2.24, 2.45) is 0 Å². The molecule has 0 bridgehead atoms. The second-order valence-corrected chi connectivity index (χ2v) is 1.42. The smallest absolute Gasteiger partial charge is 0.154 e. The van der Waals surface area contributed by atoms with Gasteiger partial charge in [-0.05, 0) is 6.42 Å². The van der Waals surface area contributed by atoms with E-state index in [1.165, 1.54) is 0 Å². The third kappa shape index (κ3) is 4.02. The van der Waals surface area contributed by atoms with Gasteiger partial charge in [-0.3, -0.25) is 0 Å². The van der Waals surface area contributed by atoms with Crippen molar-refractivity contribution in [3.63, 3.8) is 0 Å². The van der Waals surface area contributed by atoms with Crippen LogP contribution in [0.25, 0.3) is 0 Å². The standard InChI is InChI=1S/C5H11FO2/c1-2-5(7)8-4-3-6/h5,7H,2-4H2,1H3. The van der Waals surface area contributed by atoms with Gasteiger partial charge in [0.05, 0.1) is 6.61 Å². The van der Waals surface area contributed by atoms with Gasteiger partial charge in [0.2, 0.25) is 0 Å². The number of hydrogen-bond acceptors (Lipinski definition) is 2. The predicted octanol–water partition coefficient (Wildman–Crippen LogP) is 0.701. The molecule has 0 saturated heterocycles. The lowest BCUT2D eigenvalue weighted by molar-refractivity contribution is -0.103. The van der Waals surface area contributed by atoms with Crippen molar-refractivity contribution >= 4 is 0 Å². The molecule has 0 aromatic heterocycles. The number of halogens is 1. The summed E-state index contributed by atoms with van der Waals surface area (Å²) in [6, 6.07) is 0. The van der Waals surface area contributed by atoms with E-state index < -0.39 is 13.0 Å². The van der Waals surface area contributed by atoms with Crippen LogP contribution in [0.4, 0.5) is 4.39 Å². The molecule has 0 aromatic rings. The highest BCUT2D eigenvalue weighted by molar-refractivity contribution is 4.32. The minimum absolute atomic E-state index is 0.00495. The lowest BCUT2D eigenvalue weighted by Gasteiger charge is -2.05. The Morgan fingerprint density at radius 3 is 2.75 bits per heavy atom. The number of aliphatic hydroxyl groups is 1. The van der Waals surface area contributed by atoms with E-state index >= 15 is 0 Å². The maximum absolute atomic E-state index is 11.3. The van der Waals surface area contributed by atoms with E-state index in [1.807, 2.05) is 0 Å². The molecule has 0 amide bonds. The molecule has 0 radical (unpaired) electrons. The molecule has 0 aliphatic carbocycles. The summed E-state index contributed by atoms with van der Waals surface area (Å²) >= 11 is 0. The monoisotopic (exact) mass is 122 g/mol. The predicted molar refractivity (Wildman–Crippen MR) is 28.2 cm³/mol. The lowest BCUT2D eigenvalue weighted by Crippen LogP contribution is -2.11. The molecule has 1 atom stereocenters. The zero-order valence-electron chi connectivity index (χ0n) is 4.93. The number of alkyl halides is 1. The Labute approximate surface area is 48.3 Å².